The van der Waals surface area contributed by atoms with Crippen molar-refractivity contribution in [2.24, 2.45) is 0 Å². The van der Waals surface area contributed by atoms with Crippen molar-refractivity contribution < 1.29 is 9.90 Å². The highest BCUT2D eigenvalue weighted by Gasteiger charge is 2.27. The van der Waals surface area contributed by atoms with Crippen LogP contribution in [0.5, 0.6) is 5.75 Å². The summed E-state index contributed by atoms with van der Waals surface area (Å²) in [5, 5.41) is 16.4. The van der Waals surface area contributed by atoms with E-state index < -0.39 is 0 Å². The molecule has 1 aromatic carbocycles. The number of aryl methyl sites for hydroxylation is 1. The van der Waals surface area contributed by atoms with Gasteiger partial charge in [-0.3, -0.25) is 9.78 Å². The molecule has 2 aromatic rings. The first-order valence-electron chi connectivity index (χ1n) is 8.80. The molecule has 1 unspecified atom stereocenters. The van der Waals surface area contributed by atoms with E-state index in [1.54, 1.807) is 24.4 Å². The molecular weight excluding hydrogens is 326 g/mol. The topological polar surface area (TPSA) is 74.2 Å². The zero-order chi connectivity index (χ0) is 18.9. The molecule has 3 N–H and O–H groups in total. The van der Waals surface area contributed by atoms with Gasteiger partial charge < -0.3 is 15.7 Å². The molecule has 0 saturated heterocycles. The monoisotopic (exact) mass is 351 g/mol. The third-order valence-corrected chi connectivity index (χ3v) is 4.43. The number of phenolic OH excluding ortho intramolecular Hbond substituents is 1. The largest absolute Gasteiger partial charge is 0.508 e. The number of anilines is 1. The maximum Gasteiger partial charge on any atom is 0.270 e. The third kappa shape index (κ3) is 3.87. The van der Waals surface area contributed by atoms with Gasteiger partial charge in [-0.15, -0.1) is 0 Å². The summed E-state index contributed by atoms with van der Waals surface area (Å²) in [6.45, 7) is 9.95. The zero-order valence-electron chi connectivity index (χ0n) is 15.5. The van der Waals surface area contributed by atoms with Crippen LogP contribution in [-0.4, -0.2) is 21.5 Å². The van der Waals surface area contributed by atoms with E-state index in [1.165, 1.54) is 0 Å². The minimum Gasteiger partial charge on any atom is -0.508 e. The Labute approximate surface area is 154 Å². The molecule has 1 amide bonds. The quantitative estimate of drug-likeness (QED) is 0.779. The summed E-state index contributed by atoms with van der Waals surface area (Å²) < 4.78 is 0. The number of amides is 1. The number of hydrogen-bond donors (Lipinski definition) is 3. The van der Waals surface area contributed by atoms with Crippen LogP contribution >= 0.6 is 0 Å². The fourth-order valence-corrected chi connectivity index (χ4v) is 3.32. The van der Waals surface area contributed by atoms with Crippen LogP contribution in [0, 0.1) is 0 Å². The molecule has 5 nitrogen and oxygen atoms in total. The van der Waals surface area contributed by atoms with Crippen molar-refractivity contribution >= 4 is 11.6 Å². The van der Waals surface area contributed by atoms with E-state index in [1.807, 2.05) is 32.9 Å². The molecule has 1 aromatic heterocycles. The van der Waals surface area contributed by atoms with E-state index in [4.69, 9.17) is 0 Å². The average Bonchev–Trinajstić information content (AvgIpc) is 2.99. The lowest BCUT2D eigenvalue weighted by atomic mass is 9.97. The Morgan fingerprint density at radius 1 is 1.31 bits per heavy atom. The van der Waals surface area contributed by atoms with E-state index in [2.05, 4.69) is 22.2 Å². The van der Waals surface area contributed by atoms with Crippen LogP contribution < -0.4 is 10.6 Å². The summed E-state index contributed by atoms with van der Waals surface area (Å²) in [7, 11) is 0. The summed E-state index contributed by atoms with van der Waals surface area (Å²) >= 11 is 0. The molecular formula is C21H25N3O2. The number of nitrogens with zero attached hydrogens (tertiary/aromatic N) is 1. The molecule has 1 atom stereocenters. The van der Waals surface area contributed by atoms with E-state index >= 15 is 0 Å². The van der Waals surface area contributed by atoms with Gasteiger partial charge in [0.15, 0.2) is 0 Å². The first-order chi connectivity index (χ1) is 12.2. The summed E-state index contributed by atoms with van der Waals surface area (Å²) in [5.74, 6) is 0.148. The Morgan fingerprint density at radius 3 is 2.81 bits per heavy atom. The molecule has 0 aliphatic heterocycles. The van der Waals surface area contributed by atoms with Gasteiger partial charge in [0, 0.05) is 34.6 Å². The van der Waals surface area contributed by atoms with Gasteiger partial charge in [-0.05, 0) is 57.4 Å². The summed E-state index contributed by atoms with van der Waals surface area (Å²) in [6.07, 6.45) is 3.43. The molecule has 5 heteroatoms. The molecule has 0 spiro atoms. The number of allylic oxidation sites excluding steroid dienone is 1. The van der Waals surface area contributed by atoms with Crippen molar-refractivity contribution in [2.45, 2.75) is 45.1 Å². The number of rotatable bonds is 4. The molecule has 0 saturated carbocycles. The van der Waals surface area contributed by atoms with Crippen molar-refractivity contribution in [2.75, 3.05) is 5.32 Å². The van der Waals surface area contributed by atoms with Crippen LogP contribution in [0.1, 0.15) is 54.7 Å². The van der Waals surface area contributed by atoms with Gasteiger partial charge in [0.2, 0.25) is 0 Å². The molecule has 26 heavy (non-hydrogen) atoms. The Hall–Kier alpha value is -2.82. The number of nitrogens with one attached hydrogen (secondary N) is 2. The number of benzene rings is 1. The molecule has 1 aliphatic carbocycles. The minimum absolute atomic E-state index is 0.0474. The van der Waals surface area contributed by atoms with Crippen LogP contribution in [0.15, 0.2) is 48.8 Å². The SMILES string of the molecule is C=C(Nc1ccnc(C(=O)NC(C)(C)C)c1)C1CCc2cccc(O)c21. The predicted molar refractivity (Wildman–Crippen MR) is 103 cm³/mol. The zero-order valence-corrected chi connectivity index (χ0v) is 15.5. The second-order valence-electron chi connectivity index (χ2n) is 7.73. The van der Waals surface area contributed by atoms with E-state index in [0.717, 1.165) is 35.4 Å². The van der Waals surface area contributed by atoms with Crippen molar-refractivity contribution in [1.29, 1.82) is 0 Å². The number of aromatic nitrogens is 1. The molecule has 136 valence electrons. The van der Waals surface area contributed by atoms with Crippen molar-refractivity contribution in [1.82, 2.24) is 10.3 Å². The maximum atomic E-state index is 12.3. The number of fused-ring (bicyclic) bond motifs is 1. The number of hydrogen-bond acceptors (Lipinski definition) is 4. The fraction of sp³-hybridized carbons (Fsp3) is 0.333. The Kier molecular flexibility index (Phi) is 4.72. The van der Waals surface area contributed by atoms with Gasteiger partial charge in [0.1, 0.15) is 11.4 Å². The van der Waals surface area contributed by atoms with Gasteiger partial charge in [0.05, 0.1) is 0 Å². The normalized spacial score (nSPS) is 16.0. The van der Waals surface area contributed by atoms with Crippen LogP contribution in [0.2, 0.25) is 0 Å². The van der Waals surface area contributed by atoms with Gasteiger partial charge in [-0.1, -0.05) is 18.7 Å². The van der Waals surface area contributed by atoms with Gasteiger partial charge in [-0.25, -0.2) is 0 Å². The molecule has 0 fully saturated rings. The number of carbonyl (C=O) groups excluding carboxylic acids is 1. The Morgan fingerprint density at radius 2 is 2.08 bits per heavy atom. The minimum atomic E-state index is -0.323. The second kappa shape index (κ2) is 6.83. The van der Waals surface area contributed by atoms with Crippen molar-refractivity contribution in [3.05, 3.63) is 65.6 Å². The standard InChI is InChI=1S/C21H25N3O2/c1-13(16-9-8-14-6-5-7-18(25)19(14)16)23-15-10-11-22-17(12-15)20(26)24-21(2,3)4/h5-7,10-12,16,25H,1,8-9H2,2-4H3,(H,22,23)(H,24,26). The third-order valence-electron chi connectivity index (χ3n) is 4.43. The lowest BCUT2D eigenvalue weighted by Gasteiger charge is -2.21. The fourth-order valence-electron chi connectivity index (χ4n) is 3.32. The lowest BCUT2D eigenvalue weighted by Crippen LogP contribution is -2.40. The molecule has 1 aliphatic rings. The highest BCUT2D eigenvalue weighted by Crippen LogP contribution is 2.42. The van der Waals surface area contributed by atoms with Crippen LogP contribution in [0.4, 0.5) is 5.69 Å². The predicted octanol–water partition coefficient (Wildman–Crippen LogP) is 3.97. The summed E-state index contributed by atoms with van der Waals surface area (Å²) in [6, 6.07) is 9.15. The Balaban J connectivity index is 1.76. The lowest BCUT2D eigenvalue weighted by molar-refractivity contribution is 0.0914. The van der Waals surface area contributed by atoms with Crippen LogP contribution in [0.3, 0.4) is 0 Å². The number of pyridine rings is 1. The summed E-state index contributed by atoms with van der Waals surface area (Å²) in [5.41, 5.74) is 3.71. The highest BCUT2D eigenvalue weighted by atomic mass is 16.3. The smallest absolute Gasteiger partial charge is 0.270 e. The number of phenols is 1. The number of carbonyl (C=O) groups is 1. The van der Waals surface area contributed by atoms with Crippen molar-refractivity contribution in [3.63, 3.8) is 0 Å². The number of aromatic hydroxyl groups is 1. The first kappa shape index (κ1) is 18.0. The van der Waals surface area contributed by atoms with Crippen LogP contribution in [0.25, 0.3) is 0 Å². The second-order valence-corrected chi connectivity index (χ2v) is 7.73. The van der Waals surface area contributed by atoms with Gasteiger partial charge in [-0.2, -0.15) is 0 Å². The molecule has 0 radical (unpaired) electrons. The Bertz CT molecular complexity index is 853. The average molecular weight is 351 g/mol. The van der Waals surface area contributed by atoms with Crippen molar-refractivity contribution in [3.8, 4) is 5.75 Å². The summed E-state index contributed by atoms with van der Waals surface area (Å²) in [4.78, 5) is 16.5. The van der Waals surface area contributed by atoms with E-state index in [9.17, 15) is 9.90 Å². The van der Waals surface area contributed by atoms with Gasteiger partial charge >= 0.3 is 0 Å². The van der Waals surface area contributed by atoms with Crippen LogP contribution in [-0.2, 0) is 6.42 Å². The van der Waals surface area contributed by atoms with E-state index in [0.29, 0.717) is 11.4 Å². The highest BCUT2D eigenvalue weighted by molar-refractivity contribution is 5.93. The molecule has 0 bridgehead atoms. The first-order valence-corrected chi connectivity index (χ1v) is 8.80. The van der Waals surface area contributed by atoms with Gasteiger partial charge in [0.25, 0.3) is 5.91 Å². The molecule has 1 heterocycles. The molecule has 3 rings (SSSR count). The van der Waals surface area contributed by atoms with E-state index in [-0.39, 0.29) is 17.4 Å². The maximum absolute atomic E-state index is 12.3.